The molecule has 6 heteroatoms. The van der Waals surface area contributed by atoms with Gasteiger partial charge in [0.05, 0.1) is 11.4 Å². The van der Waals surface area contributed by atoms with Crippen molar-refractivity contribution >= 4 is 29.4 Å². The summed E-state index contributed by atoms with van der Waals surface area (Å²) >= 11 is 1.34. The summed E-state index contributed by atoms with van der Waals surface area (Å²) in [6, 6.07) is 7.43. The van der Waals surface area contributed by atoms with Crippen molar-refractivity contribution in [2.24, 2.45) is 5.73 Å². The van der Waals surface area contributed by atoms with Gasteiger partial charge < -0.3 is 16.0 Å². The van der Waals surface area contributed by atoms with Crippen LogP contribution in [0.2, 0.25) is 0 Å². The zero-order valence-electron chi connectivity index (χ0n) is 12.7. The molecule has 0 atom stereocenters. The molecule has 0 bridgehead atoms. The highest BCUT2D eigenvalue weighted by atomic mass is 32.2. The Hall–Kier alpha value is -1.69. The minimum Gasteiger partial charge on any atom is -0.369 e. The fourth-order valence-corrected chi connectivity index (χ4v) is 3.24. The Bertz CT molecular complexity index is 514. The van der Waals surface area contributed by atoms with Crippen LogP contribution in [0.15, 0.2) is 29.2 Å². The highest BCUT2D eigenvalue weighted by Crippen LogP contribution is 2.27. The average molecular weight is 321 g/mol. The number of carbonyl (C=O) groups is 2. The van der Waals surface area contributed by atoms with E-state index in [9.17, 15) is 9.59 Å². The zero-order chi connectivity index (χ0) is 15.8. The van der Waals surface area contributed by atoms with Gasteiger partial charge >= 0.3 is 6.03 Å². The number of amides is 3. The second-order valence-corrected chi connectivity index (χ2v) is 6.45. The number of urea groups is 1. The lowest BCUT2D eigenvalue weighted by Gasteiger charge is -2.25. The van der Waals surface area contributed by atoms with Crippen molar-refractivity contribution in [3.8, 4) is 0 Å². The van der Waals surface area contributed by atoms with Gasteiger partial charge in [-0.1, -0.05) is 31.4 Å². The third-order valence-electron chi connectivity index (χ3n) is 3.64. The molecule has 0 saturated carbocycles. The summed E-state index contributed by atoms with van der Waals surface area (Å²) in [5, 5.41) is 2.97. The number of nitrogens with one attached hydrogen (secondary N) is 1. The topological polar surface area (TPSA) is 75.4 Å². The Labute approximate surface area is 135 Å². The van der Waals surface area contributed by atoms with Crippen LogP contribution in [0.25, 0.3) is 0 Å². The van der Waals surface area contributed by atoms with Gasteiger partial charge in [-0.25, -0.2) is 4.79 Å². The Morgan fingerprint density at radius 2 is 1.73 bits per heavy atom. The highest BCUT2D eigenvalue weighted by Gasteiger charge is 2.16. The molecule has 0 spiro atoms. The summed E-state index contributed by atoms with van der Waals surface area (Å²) < 4.78 is 0. The number of nitrogens with two attached hydrogens (primary N) is 1. The fraction of sp³-hybridized carbons (Fsp3) is 0.500. The van der Waals surface area contributed by atoms with Crippen LogP contribution in [0.4, 0.5) is 10.5 Å². The molecule has 1 heterocycles. The molecule has 1 aliphatic rings. The molecular weight excluding hydrogens is 298 g/mol. The second-order valence-electron chi connectivity index (χ2n) is 5.44. The molecule has 0 aliphatic carbocycles. The van der Waals surface area contributed by atoms with Crippen LogP contribution in [0.3, 0.4) is 0 Å². The van der Waals surface area contributed by atoms with Crippen molar-refractivity contribution in [3.63, 3.8) is 0 Å². The van der Waals surface area contributed by atoms with Gasteiger partial charge in [0.15, 0.2) is 0 Å². The van der Waals surface area contributed by atoms with Gasteiger partial charge in [0, 0.05) is 18.0 Å². The predicted octanol–water partition coefficient (Wildman–Crippen LogP) is 3.06. The molecule has 1 aromatic carbocycles. The SMILES string of the molecule is NC(=O)CSc1ccccc1NC(=O)N1CCCCCCC1. The lowest BCUT2D eigenvalue weighted by molar-refractivity contribution is -0.115. The lowest BCUT2D eigenvalue weighted by Crippen LogP contribution is -2.37. The summed E-state index contributed by atoms with van der Waals surface area (Å²) in [4.78, 5) is 26.1. The van der Waals surface area contributed by atoms with Gasteiger partial charge in [0.1, 0.15) is 0 Å². The number of hydrogen-bond acceptors (Lipinski definition) is 3. The van der Waals surface area contributed by atoms with Crippen molar-refractivity contribution in [1.29, 1.82) is 0 Å². The van der Waals surface area contributed by atoms with Crippen molar-refractivity contribution < 1.29 is 9.59 Å². The number of primary amides is 1. The fourth-order valence-electron chi connectivity index (χ4n) is 2.49. The molecule has 120 valence electrons. The van der Waals surface area contributed by atoms with Gasteiger partial charge in [-0.05, 0) is 25.0 Å². The number of benzene rings is 1. The van der Waals surface area contributed by atoms with Crippen molar-refractivity contribution in [2.45, 2.75) is 37.0 Å². The molecule has 3 amide bonds. The Morgan fingerprint density at radius 3 is 2.41 bits per heavy atom. The maximum Gasteiger partial charge on any atom is 0.321 e. The molecule has 5 nitrogen and oxygen atoms in total. The number of carbonyl (C=O) groups excluding carboxylic acids is 2. The largest absolute Gasteiger partial charge is 0.369 e. The van der Waals surface area contributed by atoms with E-state index in [0.717, 1.165) is 36.5 Å². The number of nitrogens with zero attached hydrogens (tertiary/aromatic N) is 1. The smallest absolute Gasteiger partial charge is 0.321 e. The van der Waals surface area contributed by atoms with Gasteiger partial charge in [-0.3, -0.25) is 4.79 Å². The normalized spacial score (nSPS) is 15.7. The van der Waals surface area contributed by atoms with Crippen molar-refractivity contribution in [3.05, 3.63) is 24.3 Å². The van der Waals surface area contributed by atoms with Crippen LogP contribution < -0.4 is 11.1 Å². The molecule has 0 radical (unpaired) electrons. The van der Waals surface area contributed by atoms with E-state index >= 15 is 0 Å². The first kappa shape index (κ1) is 16.7. The maximum atomic E-state index is 12.4. The first-order valence-corrected chi connectivity index (χ1v) is 8.71. The van der Waals surface area contributed by atoms with E-state index < -0.39 is 0 Å². The Kier molecular flexibility index (Phi) is 6.58. The molecule has 1 fully saturated rings. The monoisotopic (exact) mass is 321 g/mol. The van der Waals surface area contributed by atoms with Gasteiger partial charge in [-0.2, -0.15) is 0 Å². The van der Waals surface area contributed by atoms with Crippen LogP contribution in [0, 0.1) is 0 Å². The first-order valence-electron chi connectivity index (χ1n) is 7.73. The van der Waals surface area contributed by atoms with Crippen LogP contribution in [0.1, 0.15) is 32.1 Å². The minimum atomic E-state index is -0.366. The number of para-hydroxylation sites is 1. The summed E-state index contributed by atoms with van der Waals surface area (Å²) in [5.41, 5.74) is 5.92. The predicted molar refractivity (Wildman–Crippen MR) is 90.0 cm³/mol. The Morgan fingerprint density at radius 1 is 1.09 bits per heavy atom. The first-order chi connectivity index (χ1) is 10.7. The summed E-state index contributed by atoms with van der Waals surface area (Å²) in [5.74, 6) is -0.161. The third-order valence-corrected chi connectivity index (χ3v) is 4.74. The molecule has 1 aliphatic heterocycles. The standard InChI is InChI=1S/C16H23N3O2S/c17-15(20)12-22-14-9-5-4-8-13(14)18-16(21)19-10-6-2-1-3-7-11-19/h4-5,8-9H,1-3,6-7,10-12H2,(H2,17,20)(H,18,21). The number of anilines is 1. The second kappa shape index (κ2) is 8.68. The molecule has 1 aromatic rings. The maximum absolute atomic E-state index is 12.4. The Balaban J connectivity index is 1.99. The van der Waals surface area contributed by atoms with E-state index in [2.05, 4.69) is 5.32 Å². The summed E-state index contributed by atoms with van der Waals surface area (Å²) in [6.07, 6.45) is 5.77. The summed E-state index contributed by atoms with van der Waals surface area (Å²) in [7, 11) is 0. The molecule has 0 aromatic heterocycles. The number of hydrogen-bond donors (Lipinski definition) is 2. The summed E-state index contributed by atoms with van der Waals surface area (Å²) in [6.45, 7) is 1.62. The van der Waals surface area contributed by atoms with E-state index in [-0.39, 0.29) is 17.7 Å². The molecule has 22 heavy (non-hydrogen) atoms. The number of likely N-dealkylation sites (tertiary alicyclic amines) is 1. The molecule has 1 saturated heterocycles. The van der Waals surface area contributed by atoms with Gasteiger partial charge in [0.2, 0.25) is 5.91 Å². The van der Waals surface area contributed by atoms with E-state index in [4.69, 9.17) is 5.73 Å². The molecule has 2 rings (SSSR count). The van der Waals surface area contributed by atoms with Gasteiger partial charge in [0.25, 0.3) is 0 Å². The van der Waals surface area contributed by atoms with Crippen LogP contribution >= 0.6 is 11.8 Å². The molecular formula is C16H23N3O2S. The van der Waals surface area contributed by atoms with Crippen LogP contribution in [-0.4, -0.2) is 35.7 Å². The molecule has 3 N–H and O–H groups in total. The van der Waals surface area contributed by atoms with Crippen LogP contribution in [-0.2, 0) is 4.79 Å². The van der Waals surface area contributed by atoms with E-state index in [1.807, 2.05) is 29.2 Å². The third kappa shape index (κ3) is 5.26. The van der Waals surface area contributed by atoms with E-state index in [0.29, 0.717) is 0 Å². The van der Waals surface area contributed by atoms with Crippen molar-refractivity contribution in [1.82, 2.24) is 4.90 Å². The highest BCUT2D eigenvalue weighted by molar-refractivity contribution is 8.00. The lowest BCUT2D eigenvalue weighted by atomic mass is 10.1. The van der Waals surface area contributed by atoms with Crippen molar-refractivity contribution in [2.75, 3.05) is 24.2 Å². The number of rotatable bonds is 4. The number of thioether (sulfide) groups is 1. The van der Waals surface area contributed by atoms with E-state index in [1.54, 1.807) is 0 Å². The average Bonchev–Trinajstić information content (AvgIpc) is 2.45. The zero-order valence-corrected chi connectivity index (χ0v) is 13.5. The molecule has 0 unspecified atom stereocenters. The minimum absolute atomic E-state index is 0.0611. The van der Waals surface area contributed by atoms with Gasteiger partial charge in [-0.15, -0.1) is 11.8 Å². The van der Waals surface area contributed by atoms with E-state index in [1.165, 1.54) is 31.0 Å². The quantitative estimate of drug-likeness (QED) is 0.837. The van der Waals surface area contributed by atoms with Crippen LogP contribution in [0.5, 0.6) is 0 Å².